The number of hydrogen-bond acceptors (Lipinski definition) is 3. The van der Waals surface area contributed by atoms with E-state index in [0.717, 1.165) is 0 Å². The molecule has 13 heavy (non-hydrogen) atoms. The smallest absolute Gasteiger partial charge is 0.255 e. The Morgan fingerprint density at radius 3 is 3.00 bits per heavy atom. The summed E-state index contributed by atoms with van der Waals surface area (Å²) in [7, 11) is -3.30. The van der Waals surface area contributed by atoms with E-state index < -0.39 is 10.0 Å². The van der Waals surface area contributed by atoms with Gasteiger partial charge in [-0.05, 0) is 24.6 Å². The van der Waals surface area contributed by atoms with Gasteiger partial charge in [0.1, 0.15) is 0 Å². The summed E-state index contributed by atoms with van der Waals surface area (Å²) in [6.45, 7) is 1.73. The van der Waals surface area contributed by atoms with E-state index in [9.17, 15) is 8.42 Å². The van der Waals surface area contributed by atoms with Crippen LogP contribution < -0.4 is 4.72 Å². The highest BCUT2D eigenvalue weighted by atomic mass is 32.2. The molecule has 0 amide bonds. The minimum atomic E-state index is -3.30. The second-order valence-corrected chi connectivity index (χ2v) is 4.38. The van der Waals surface area contributed by atoms with Crippen LogP contribution in [0, 0.1) is 0 Å². The molecule has 1 aliphatic rings. The van der Waals surface area contributed by atoms with Crippen molar-refractivity contribution in [3.05, 3.63) is 29.4 Å². The first-order valence-corrected chi connectivity index (χ1v) is 5.30. The van der Waals surface area contributed by atoms with Crippen molar-refractivity contribution in [2.24, 2.45) is 0 Å². The topological polar surface area (TPSA) is 59.1 Å². The molecular weight excluding hydrogens is 188 g/mol. The Morgan fingerprint density at radius 2 is 2.23 bits per heavy atom. The van der Waals surface area contributed by atoms with Gasteiger partial charge >= 0.3 is 0 Å². The van der Waals surface area contributed by atoms with Crippen molar-refractivity contribution in [1.29, 1.82) is 0 Å². The molecule has 0 saturated carbocycles. The van der Waals surface area contributed by atoms with Crippen molar-refractivity contribution in [3.63, 3.8) is 0 Å². The van der Waals surface area contributed by atoms with Gasteiger partial charge in [0, 0.05) is 6.20 Å². The summed E-state index contributed by atoms with van der Waals surface area (Å²) in [6, 6.07) is 3.39. The quantitative estimate of drug-likeness (QED) is 0.678. The molecule has 2 rings (SSSR count). The van der Waals surface area contributed by atoms with Gasteiger partial charge in [-0.15, -0.1) is 0 Å². The van der Waals surface area contributed by atoms with Gasteiger partial charge in [0.05, 0.1) is 16.8 Å². The van der Waals surface area contributed by atoms with Crippen LogP contribution in [0.2, 0.25) is 0 Å². The van der Waals surface area contributed by atoms with E-state index >= 15 is 0 Å². The van der Waals surface area contributed by atoms with Gasteiger partial charge in [0.15, 0.2) is 0 Å². The fourth-order valence-electron chi connectivity index (χ4n) is 1.27. The zero-order chi connectivity index (χ0) is 9.47. The van der Waals surface area contributed by atoms with E-state index in [4.69, 9.17) is 0 Å². The van der Waals surface area contributed by atoms with Gasteiger partial charge in [-0.1, -0.05) is 0 Å². The monoisotopic (exact) mass is 196 g/mol. The third-order valence-electron chi connectivity index (χ3n) is 1.77. The average Bonchev–Trinajstić information content (AvgIpc) is 2.02. The molecule has 1 aromatic rings. The van der Waals surface area contributed by atoms with Crippen LogP contribution in [0.4, 0.5) is 5.69 Å². The largest absolute Gasteiger partial charge is 0.278 e. The Kier molecular flexibility index (Phi) is 1.63. The zero-order valence-electron chi connectivity index (χ0n) is 6.98. The van der Waals surface area contributed by atoms with E-state index in [1.807, 2.05) is 0 Å². The summed E-state index contributed by atoms with van der Waals surface area (Å²) < 4.78 is 24.8. The number of sulfonamides is 1. The molecule has 0 unspecified atom stereocenters. The summed E-state index contributed by atoms with van der Waals surface area (Å²) in [5.41, 5.74) is 1.90. The van der Waals surface area contributed by atoms with E-state index in [0.29, 0.717) is 17.0 Å². The van der Waals surface area contributed by atoms with Crippen LogP contribution in [-0.2, 0) is 10.0 Å². The molecule has 0 radical (unpaired) electrons. The zero-order valence-corrected chi connectivity index (χ0v) is 7.80. The summed E-state index contributed by atoms with van der Waals surface area (Å²) in [5, 5.41) is 1.18. The third kappa shape index (κ3) is 1.42. The maximum absolute atomic E-state index is 11.2. The molecular formula is C8H8N2O2S. The van der Waals surface area contributed by atoms with Gasteiger partial charge in [-0.2, -0.15) is 0 Å². The molecule has 0 fully saturated rings. The van der Waals surface area contributed by atoms with E-state index in [2.05, 4.69) is 9.71 Å². The van der Waals surface area contributed by atoms with E-state index in [-0.39, 0.29) is 0 Å². The van der Waals surface area contributed by atoms with Crippen molar-refractivity contribution in [3.8, 4) is 0 Å². The van der Waals surface area contributed by atoms with Crippen LogP contribution >= 0.6 is 0 Å². The van der Waals surface area contributed by atoms with Crippen LogP contribution in [0.3, 0.4) is 0 Å². The molecule has 2 heterocycles. The van der Waals surface area contributed by atoms with Crippen molar-refractivity contribution in [2.75, 3.05) is 4.72 Å². The molecule has 1 aromatic heterocycles. The molecule has 5 heteroatoms. The number of nitrogens with zero attached hydrogens (tertiary/aromatic N) is 1. The van der Waals surface area contributed by atoms with Crippen LogP contribution in [0.15, 0.2) is 23.7 Å². The SMILES string of the molecule is CC1=CS(=O)(=O)Nc2cccnc21. The molecule has 0 bridgehead atoms. The van der Waals surface area contributed by atoms with E-state index in [1.54, 1.807) is 25.3 Å². The number of fused-ring (bicyclic) bond motifs is 1. The Balaban J connectivity index is 2.68. The lowest BCUT2D eigenvalue weighted by Gasteiger charge is -2.14. The van der Waals surface area contributed by atoms with Gasteiger partial charge < -0.3 is 0 Å². The van der Waals surface area contributed by atoms with Crippen LogP contribution in [0.1, 0.15) is 12.6 Å². The highest BCUT2D eigenvalue weighted by Gasteiger charge is 2.18. The Morgan fingerprint density at radius 1 is 1.46 bits per heavy atom. The molecule has 1 aliphatic heterocycles. The summed E-state index contributed by atoms with van der Waals surface area (Å²) in [6.07, 6.45) is 1.63. The number of rotatable bonds is 0. The Bertz CT molecular complexity index is 477. The number of hydrogen-bond donors (Lipinski definition) is 1. The fourth-order valence-corrected chi connectivity index (χ4v) is 2.38. The third-order valence-corrected chi connectivity index (χ3v) is 2.93. The molecule has 0 aliphatic carbocycles. The molecule has 4 nitrogen and oxygen atoms in total. The lowest BCUT2D eigenvalue weighted by atomic mass is 10.2. The maximum Gasteiger partial charge on any atom is 0.255 e. The number of aromatic nitrogens is 1. The lowest BCUT2D eigenvalue weighted by molar-refractivity contribution is 0.609. The van der Waals surface area contributed by atoms with E-state index in [1.165, 1.54) is 5.41 Å². The van der Waals surface area contributed by atoms with Crippen LogP contribution in [0.25, 0.3) is 5.57 Å². The molecule has 1 N–H and O–H groups in total. The maximum atomic E-state index is 11.2. The second kappa shape index (κ2) is 2.56. The van der Waals surface area contributed by atoms with Gasteiger partial charge in [-0.3, -0.25) is 9.71 Å². The van der Waals surface area contributed by atoms with Gasteiger partial charge in [0.25, 0.3) is 10.0 Å². The van der Waals surface area contributed by atoms with Gasteiger partial charge in [0.2, 0.25) is 0 Å². The first-order chi connectivity index (χ1) is 6.08. The first kappa shape index (κ1) is 8.25. The molecule has 0 spiro atoms. The predicted molar refractivity (Wildman–Crippen MR) is 50.4 cm³/mol. The van der Waals surface area contributed by atoms with Crippen molar-refractivity contribution >= 4 is 21.3 Å². The minimum absolute atomic E-state index is 0.544. The first-order valence-electron chi connectivity index (χ1n) is 3.75. The Hall–Kier alpha value is -1.36. The molecule has 0 saturated heterocycles. The van der Waals surface area contributed by atoms with Crippen molar-refractivity contribution in [2.45, 2.75) is 6.92 Å². The summed E-state index contributed by atoms with van der Waals surface area (Å²) in [4.78, 5) is 4.07. The number of nitrogens with one attached hydrogen (secondary N) is 1. The van der Waals surface area contributed by atoms with Gasteiger partial charge in [-0.25, -0.2) is 8.42 Å². The lowest BCUT2D eigenvalue weighted by Crippen LogP contribution is -2.15. The standard InChI is InChI=1S/C8H8N2O2S/c1-6-5-13(11,12)10-7-3-2-4-9-8(6)7/h2-5,10H,1H3. The second-order valence-electron chi connectivity index (χ2n) is 2.85. The Labute approximate surface area is 76.4 Å². The number of pyridine rings is 1. The van der Waals surface area contributed by atoms with Crippen LogP contribution in [-0.4, -0.2) is 13.4 Å². The predicted octanol–water partition coefficient (Wildman–Crippen LogP) is 1.20. The number of anilines is 1. The average molecular weight is 196 g/mol. The van der Waals surface area contributed by atoms with Crippen molar-refractivity contribution < 1.29 is 8.42 Å². The normalized spacial score (nSPS) is 18.4. The molecule has 68 valence electrons. The van der Waals surface area contributed by atoms with Crippen LogP contribution in [0.5, 0.6) is 0 Å². The summed E-state index contributed by atoms with van der Waals surface area (Å²) >= 11 is 0. The highest BCUT2D eigenvalue weighted by molar-refractivity contribution is 7.95. The highest BCUT2D eigenvalue weighted by Crippen LogP contribution is 2.27. The summed E-state index contributed by atoms with van der Waals surface area (Å²) in [5.74, 6) is 0. The fraction of sp³-hybridized carbons (Fsp3) is 0.125. The minimum Gasteiger partial charge on any atom is -0.278 e. The van der Waals surface area contributed by atoms with Crippen molar-refractivity contribution in [1.82, 2.24) is 4.98 Å². The number of allylic oxidation sites excluding steroid dienone is 1. The molecule has 0 aromatic carbocycles. The molecule has 0 atom stereocenters.